The van der Waals surface area contributed by atoms with Crippen molar-refractivity contribution in [1.29, 1.82) is 0 Å². The molecule has 2 aromatic rings. The summed E-state index contributed by atoms with van der Waals surface area (Å²) in [6.07, 6.45) is 3.19. The number of hydrogen-bond acceptors (Lipinski definition) is 2. The third-order valence-electron chi connectivity index (χ3n) is 2.53. The van der Waals surface area contributed by atoms with Crippen molar-refractivity contribution in [3.8, 4) is 0 Å². The molecule has 1 aromatic carbocycles. The highest BCUT2D eigenvalue weighted by Crippen LogP contribution is 2.19. The molecule has 3 heteroatoms. The van der Waals surface area contributed by atoms with Gasteiger partial charge in [0, 0.05) is 18.0 Å². The zero-order valence-electron chi connectivity index (χ0n) is 10.6. The Morgan fingerprint density at radius 1 is 1.39 bits per heavy atom. The van der Waals surface area contributed by atoms with Crippen LogP contribution in [0.25, 0.3) is 17.0 Å². The van der Waals surface area contributed by atoms with E-state index in [1.54, 1.807) is 6.08 Å². The Hall–Kier alpha value is -2.03. The fraction of sp³-hybridized carbons (Fsp3) is 0.267. The van der Waals surface area contributed by atoms with Gasteiger partial charge in [-0.1, -0.05) is 32.0 Å². The Kier molecular flexibility index (Phi) is 3.82. The molecule has 1 N–H and O–H groups in total. The molecule has 0 atom stereocenters. The van der Waals surface area contributed by atoms with E-state index in [1.807, 2.05) is 30.3 Å². The first kappa shape index (κ1) is 12.4. The Morgan fingerprint density at radius 3 is 2.89 bits per heavy atom. The van der Waals surface area contributed by atoms with E-state index in [2.05, 4.69) is 19.2 Å². The van der Waals surface area contributed by atoms with E-state index in [-0.39, 0.29) is 5.91 Å². The number of rotatable bonds is 4. The lowest BCUT2D eigenvalue weighted by atomic mass is 10.2. The van der Waals surface area contributed by atoms with Crippen molar-refractivity contribution in [3.05, 3.63) is 42.2 Å². The summed E-state index contributed by atoms with van der Waals surface area (Å²) in [4.78, 5) is 11.5. The minimum absolute atomic E-state index is 0.0934. The first-order valence-electron chi connectivity index (χ1n) is 6.09. The van der Waals surface area contributed by atoms with Gasteiger partial charge >= 0.3 is 0 Å². The standard InChI is InChI=1S/C15H17NO2/c1-11(2)10-16-15(17)8-7-13-9-12-5-3-4-6-14(12)18-13/h3-9,11H,10H2,1-2H3,(H,16,17)/b8-7+. The third-order valence-corrected chi connectivity index (χ3v) is 2.53. The minimum Gasteiger partial charge on any atom is -0.457 e. The summed E-state index contributed by atoms with van der Waals surface area (Å²) in [6.45, 7) is 4.80. The van der Waals surface area contributed by atoms with Gasteiger partial charge in [-0.2, -0.15) is 0 Å². The second kappa shape index (κ2) is 5.54. The van der Waals surface area contributed by atoms with Crippen LogP contribution in [0.1, 0.15) is 19.6 Å². The molecule has 0 saturated carbocycles. The van der Waals surface area contributed by atoms with Gasteiger partial charge in [0.2, 0.25) is 5.91 Å². The maximum atomic E-state index is 11.5. The van der Waals surface area contributed by atoms with Gasteiger partial charge in [-0.3, -0.25) is 4.79 Å². The van der Waals surface area contributed by atoms with E-state index in [0.717, 1.165) is 11.0 Å². The van der Waals surface area contributed by atoms with Crippen LogP contribution in [0.3, 0.4) is 0 Å². The van der Waals surface area contributed by atoms with Gasteiger partial charge in [0.05, 0.1) is 0 Å². The number of nitrogens with one attached hydrogen (secondary N) is 1. The average Bonchev–Trinajstić information content (AvgIpc) is 2.76. The molecule has 0 aliphatic rings. The van der Waals surface area contributed by atoms with Crippen molar-refractivity contribution in [2.45, 2.75) is 13.8 Å². The Morgan fingerprint density at radius 2 is 2.17 bits per heavy atom. The molecule has 3 nitrogen and oxygen atoms in total. The van der Waals surface area contributed by atoms with Crippen LogP contribution in [-0.2, 0) is 4.79 Å². The van der Waals surface area contributed by atoms with Gasteiger partial charge in [0.15, 0.2) is 0 Å². The van der Waals surface area contributed by atoms with Crippen LogP contribution in [0.4, 0.5) is 0 Å². The van der Waals surface area contributed by atoms with Gasteiger partial charge in [-0.15, -0.1) is 0 Å². The van der Waals surface area contributed by atoms with Gasteiger partial charge < -0.3 is 9.73 Å². The second-order valence-corrected chi connectivity index (χ2v) is 4.66. The molecule has 0 bridgehead atoms. The summed E-state index contributed by atoms with van der Waals surface area (Å²) in [6, 6.07) is 9.69. The van der Waals surface area contributed by atoms with Crippen LogP contribution >= 0.6 is 0 Å². The number of hydrogen-bond donors (Lipinski definition) is 1. The minimum atomic E-state index is -0.0934. The Bertz CT molecular complexity index is 534. The maximum absolute atomic E-state index is 11.5. The largest absolute Gasteiger partial charge is 0.457 e. The predicted molar refractivity (Wildman–Crippen MR) is 73.1 cm³/mol. The van der Waals surface area contributed by atoms with Gasteiger partial charge in [-0.05, 0) is 24.1 Å². The lowest BCUT2D eigenvalue weighted by Gasteiger charge is -2.03. The smallest absolute Gasteiger partial charge is 0.244 e. The number of amides is 1. The quantitative estimate of drug-likeness (QED) is 0.838. The number of fused-ring (bicyclic) bond motifs is 1. The summed E-state index contributed by atoms with van der Waals surface area (Å²) in [5, 5.41) is 3.86. The molecule has 0 aliphatic heterocycles. The molecule has 1 aromatic heterocycles. The number of furan rings is 1. The molecule has 1 heterocycles. The highest BCUT2D eigenvalue weighted by molar-refractivity contribution is 5.92. The number of carbonyl (C=O) groups excluding carboxylic acids is 1. The molecule has 1 amide bonds. The zero-order chi connectivity index (χ0) is 13.0. The van der Waals surface area contributed by atoms with Crippen molar-refractivity contribution in [2.75, 3.05) is 6.54 Å². The monoisotopic (exact) mass is 243 g/mol. The molecular formula is C15H17NO2. The van der Waals surface area contributed by atoms with E-state index in [4.69, 9.17) is 4.42 Å². The summed E-state index contributed by atoms with van der Waals surface area (Å²) in [7, 11) is 0. The van der Waals surface area contributed by atoms with Crippen LogP contribution in [0.15, 0.2) is 40.8 Å². The van der Waals surface area contributed by atoms with Crippen molar-refractivity contribution in [2.24, 2.45) is 5.92 Å². The fourth-order valence-corrected chi connectivity index (χ4v) is 1.61. The lowest BCUT2D eigenvalue weighted by Crippen LogP contribution is -2.25. The van der Waals surface area contributed by atoms with E-state index < -0.39 is 0 Å². The zero-order valence-corrected chi connectivity index (χ0v) is 10.6. The topological polar surface area (TPSA) is 42.2 Å². The first-order chi connectivity index (χ1) is 8.65. The Balaban J connectivity index is 2.02. The summed E-state index contributed by atoms with van der Waals surface area (Å²) in [5.41, 5.74) is 0.833. The van der Waals surface area contributed by atoms with Crippen LogP contribution in [0, 0.1) is 5.92 Å². The molecule has 0 unspecified atom stereocenters. The maximum Gasteiger partial charge on any atom is 0.244 e. The van der Waals surface area contributed by atoms with Crippen LogP contribution in [0.5, 0.6) is 0 Å². The molecule has 0 aliphatic carbocycles. The van der Waals surface area contributed by atoms with Crippen molar-refractivity contribution < 1.29 is 9.21 Å². The average molecular weight is 243 g/mol. The van der Waals surface area contributed by atoms with Gasteiger partial charge in [0.25, 0.3) is 0 Å². The van der Waals surface area contributed by atoms with Gasteiger partial charge in [0.1, 0.15) is 11.3 Å². The van der Waals surface area contributed by atoms with Crippen molar-refractivity contribution >= 4 is 23.0 Å². The molecule has 0 spiro atoms. The SMILES string of the molecule is CC(C)CNC(=O)/C=C/c1cc2ccccc2o1. The Labute approximate surface area is 106 Å². The van der Waals surface area contributed by atoms with Crippen LogP contribution in [-0.4, -0.2) is 12.5 Å². The molecular weight excluding hydrogens is 226 g/mol. The van der Waals surface area contributed by atoms with E-state index in [9.17, 15) is 4.79 Å². The first-order valence-corrected chi connectivity index (χ1v) is 6.09. The summed E-state index contributed by atoms with van der Waals surface area (Å²) < 4.78 is 5.58. The van der Waals surface area contributed by atoms with Gasteiger partial charge in [-0.25, -0.2) is 0 Å². The molecule has 18 heavy (non-hydrogen) atoms. The highest BCUT2D eigenvalue weighted by Gasteiger charge is 2.01. The molecule has 0 radical (unpaired) electrons. The molecule has 2 rings (SSSR count). The second-order valence-electron chi connectivity index (χ2n) is 4.66. The van der Waals surface area contributed by atoms with Crippen LogP contribution in [0.2, 0.25) is 0 Å². The normalized spacial score (nSPS) is 11.5. The molecule has 0 saturated heterocycles. The highest BCUT2D eigenvalue weighted by atomic mass is 16.3. The van der Waals surface area contributed by atoms with Crippen LogP contribution < -0.4 is 5.32 Å². The third kappa shape index (κ3) is 3.23. The van der Waals surface area contributed by atoms with E-state index in [1.165, 1.54) is 6.08 Å². The van der Waals surface area contributed by atoms with E-state index in [0.29, 0.717) is 18.2 Å². The van der Waals surface area contributed by atoms with E-state index >= 15 is 0 Å². The summed E-state index contributed by atoms with van der Waals surface area (Å²) in [5.74, 6) is 1.05. The molecule has 0 fully saturated rings. The van der Waals surface area contributed by atoms with Crippen molar-refractivity contribution in [1.82, 2.24) is 5.32 Å². The fourth-order valence-electron chi connectivity index (χ4n) is 1.61. The number of para-hydroxylation sites is 1. The summed E-state index contributed by atoms with van der Waals surface area (Å²) >= 11 is 0. The number of carbonyl (C=O) groups is 1. The predicted octanol–water partition coefficient (Wildman–Crippen LogP) is 3.22. The number of benzene rings is 1. The van der Waals surface area contributed by atoms with Crippen molar-refractivity contribution in [3.63, 3.8) is 0 Å². The lowest BCUT2D eigenvalue weighted by molar-refractivity contribution is -0.116. The molecule has 94 valence electrons.